The number of fused-ring (bicyclic) bond motifs is 1. The van der Waals surface area contributed by atoms with Gasteiger partial charge in [0, 0.05) is 42.7 Å². The smallest absolute Gasteiger partial charge is 0.124 e. The highest BCUT2D eigenvalue weighted by Gasteiger charge is 2.42. The molecule has 0 radical (unpaired) electrons. The third-order valence-electron chi connectivity index (χ3n) is 5.36. The molecule has 3 nitrogen and oxygen atoms in total. The van der Waals surface area contributed by atoms with Crippen molar-refractivity contribution in [2.24, 2.45) is 5.73 Å². The number of rotatable bonds is 2. The molecule has 4 rings (SSSR count). The first-order valence-electron chi connectivity index (χ1n) is 8.65. The molecule has 0 saturated carbocycles. The zero-order valence-corrected chi connectivity index (χ0v) is 14.5. The Labute approximate surface area is 148 Å². The van der Waals surface area contributed by atoms with Crippen LogP contribution in [0.15, 0.2) is 48.5 Å². The van der Waals surface area contributed by atoms with Crippen LogP contribution in [0.2, 0.25) is 5.02 Å². The largest absolute Gasteiger partial charge is 0.487 e. The first kappa shape index (κ1) is 15.9. The van der Waals surface area contributed by atoms with Crippen LogP contribution in [0.5, 0.6) is 5.75 Å². The van der Waals surface area contributed by atoms with Crippen molar-refractivity contribution in [2.75, 3.05) is 13.1 Å². The second kappa shape index (κ2) is 6.40. The Morgan fingerprint density at radius 2 is 1.79 bits per heavy atom. The van der Waals surface area contributed by atoms with E-state index in [1.807, 2.05) is 36.4 Å². The fourth-order valence-corrected chi connectivity index (χ4v) is 4.15. The van der Waals surface area contributed by atoms with Crippen LogP contribution in [0.4, 0.5) is 0 Å². The first-order chi connectivity index (χ1) is 11.7. The van der Waals surface area contributed by atoms with Crippen molar-refractivity contribution in [3.05, 3.63) is 64.7 Å². The molecule has 126 valence electrons. The molecule has 1 saturated heterocycles. The average Bonchev–Trinajstić information content (AvgIpc) is 2.59. The summed E-state index contributed by atoms with van der Waals surface area (Å²) in [6.45, 7) is 2.93. The molecule has 1 spiro atoms. The molecule has 2 aliphatic heterocycles. The predicted molar refractivity (Wildman–Crippen MR) is 97.3 cm³/mol. The zero-order chi connectivity index (χ0) is 16.6. The number of benzene rings is 2. The third kappa shape index (κ3) is 3.04. The summed E-state index contributed by atoms with van der Waals surface area (Å²) in [6.07, 6.45) is 2.93. The van der Waals surface area contributed by atoms with E-state index in [1.165, 1.54) is 5.56 Å². The number of nitrogens with zero attached hydrogens (tertiary/aromatic N) is 1. The van der Waals surface area contributed by atoms with Crippen molar-refractivity contribution in [1.29, 1.82) is 0 Å². The van der Waals surface area contributed by atoms with Gasteiger partial charge in [-0.2, -0.15) is 0 Å². The van der Waals surface area contributed by atoms with Gasteiger partial charge in [-0.25, -0.2) is 0 Å². The van der Waals surface area contributed by atoms with Gasteiger partial charge in [0.2, 0.25) is 0 Å². The SMILES string of the molecule is NC1CC2(CCN(Cc3ccccc3Cl)CC2)Oc2ccccc21. The number of nitrogens with two attached hydrogens (primary N) is 1. The normalized spacial score (nSPS) is 22.8. The highest BCUT2D eigenvalue weighted by Crippen LogP contribution is 2.43. The van der Waals surface area contributed by atoms with Crippen LogP contribution in [0.25, 0.3) is 0 Å². The standard InChI is InChI=1S/C20H23ClN2O/c21-17-7-3-1-5-15(17)14-23-11-9-20(10-12-23)13-18(22)16-6-2-4-8-19(16)24-20/h1-8,18H,9-14,22H2. The molecule has 0 aromatic heterocycles. The lowest BCUT2D eigenvalue weighted by Gasteiger charge is -2.46. The molecule has 0 amide bonds. The Morgan fingerprint density at radius 1 is 1.08 bits per heavy atom. The summed E-state index contributed by atoms with van der Waals surface area (Å²) in [7, 11) is 0. The van der Waals surface area contributed by atoms with Crippen LogP contribution in [0, 0.1) is 0 Å². The summed E-state index contributed by atoms with van der Waals surface area (Å²) >= 11 is 6.29. The van der Waals surface area contributed by atoms with Crippen molar-refractivity contribution in [1.82, 2.24) is 4.90 Å². The second-order valence-corrected chi connectivity index (χ2v) is 7.41. The quantitative estimate of drug-likeness (QED) is 0.890. The van der Waals surface area contributed by atoms with Crippen LogP contribution in [-0.2, 0) is 6.54 Å². The van der Waals surface area contributed by atoms with E-state index in [-0.39, 0.29) is 11.6 Å². The van der Waals surface area contributed by atoms with Gasteiger partial charge >= 0.3 is 0 Å². The van der Waals surface area contributed by atoms with Crippen molar-refractivity contribution < 1.29 is 4.74 Å². The van der Waals surface area contributed by atoms with E-state index in [0.717, 1.165) is 55.2 Å². The van der Waals surface area contributed by atoms with E-state index in [9.17, 15) is 0 Å². The van der Waals surface area contributed by atoms with Gasteiger partial charge in [0.05, 0.1) is 0 Å². The lowest BCUT2D eigenvalue weighted by atomic mass is 9.81. The Hall–Kier alpha value is -1.55. The van der Waals surface area contributed by atoms with Crippen LogP contribution >= 0.6 is 11.6 Å². The van der Waals surface area contributed by atoms with E-state index in [0.29, 0.717) is 0 Å². The van der Waals surface area contributed by atoms with E-state index in [1.54, 1.807) is 0 Å². The van der Waals surface area contributed by atoms with Crippen molar-refractivity contribution in [2.45, 2.75) is 37.5 Å². The maximum atomic E-state index is 6.42. The lowest BCUT2D eigenvalue weighted by molar-refractivity contribution is -0.0234. The monoisotopic (exact) mass is 342 g/mol. The lowest BCUT2D eigenvalue weighted by Crippen LogP contribution is -2.51. The topological polar surface area (TPSA) is 38.5 Å². The highest BCUT2D eigenvalue weighted by molar-refractivity contribution is 6.31. The van der Waals surface area contributed by atoms with Gasteiger partial charge in [-0.1, -0.05) is 48.0 Å². The van der Waals surface area contributed by atoms with Crippen molar-refractivity contribution in [3.8, 4) is 5.75 Å². The average molecular weight is 343 g/mol. The molecule has 4 heteroatoms. The summed E-state index contributed by atoms with van der Waals surface area (Å²) in [5, 5.41) is 0.850. The fourth-order valence-electron chi connectivity index (χ4n) is 3.96. The minimum Gasteiger partial charge on any atom is -0.487 e. The molecule has 1 fully saturated rings. The second-order valence-electron chi connectivity index (χ2n) is 7.00. The molecule has 0 bridgehead atoms. The van der Waals surface area contributed by atoms with Crippen molar-refractivity contribution >= 4 is 11.6 Å². The van der Waals surface area contributed by atoms with Gasteiger partial charge in [0.15, 0.2) is 0 Å². The molecule has 2 aliphatic rings. The van der Waals surface area contributed by atoms with Crippen LogP contribution < -0.4 is 10.5 Å². The zero-order valence-electron chi connectivity index (χ0n) is 13.7. The summed E-state index contributed by atoms with van der Waals surface area (Å²) in [5.74, 6) is 0.968. The number of piperidine rings is 1. The first-order valence-corrected chi connectivity index (χ1v) is 9.02. The number of likely N-dealkylation sites (tertiary alicyclic amines) is 1. The van der Waals surface area contributed by atoms with Crippen molar-refractivity contribution in [3.63, 3.8) is 0 Å². The van der Waals surface area contributed by atoms with Crippen LogP contribution in [-0.4, -0.2) is 23.6 Å². The Morgan fingerprint density at radius 3 is 2.58 bits per heavy atom. The molecular weight excluding hydrogens is 320 g/mol. The van der Waals surface area contributed by atoms with E-state index in [4.69, 9.17) is 22.1 Å². The fraction of sp³-hybridized carbons (Fsp3) is 0.400. The van der Waals surface area contributed by atoms with E-state index < -0.39 is 0 Å². The Kier molecular flexibility index (Phi) is 4.25. The third-order valence-corrected chi connectivity index (χ3v) is 5.72. The molecule has 1 unspecified atom stereocenters. The molecular formula is C20H23ClN2O. The summed E-state index contributed by atoms with van der Waals surface area (Å²) in [5.41, 5.74) is 8.65. The molecule has 2 aromatic carbocycles. The van der Waals surface area contributed by atoms with Crippen LogP contribution in [0.1, 0.15) is 36.4 Å². The molecule has 24 heavy (non-hydrogen) atoms. The molecule has 0 aliphatic carbocycles. The summed E-state index contributed by atoms with van der Waals surface area (Å²) in [6, 6.07) is 16.4. The van der Waals surface area contributed by atoms with Gasteiger partial charge in [-0.05, 0) is 30.5 Å². The number of para-hydroxylation sites is 1. The van der Waals surface area contributed by atoms with Gasteiger partial charge in [-0.15, -0.1) is 0 Å². The minimum atomic E-state index is -0.106. The molecule has 2 aromatic rings. The van der Waals surface area contributed by atoms with Gasteiger partial charge < -0.3 is 10.5 Å². The van der Waals surface area contributed by atoms with E-state index in [2.05, 4.69) is 17.0 Å². The molecule has 2 heterocycles. The number of hydrogen-bond donors (Lipinski definition) is 1. The summed E-state index contributed by atoms with van der Waals surface area (Å²) < 4.78 is 6.42. The molecule has 1 atom stereocenters. The van der Waals surface area contributed by atoms with Crippen LogP contribution in [0.3, 0.4) is 0 Å². The van der Waals surface area contributed by atoms with Gasteiger partial charge in [0.1, 0.15) is 11.4 Å². The minimum absolute atomic E-state index is 0.0741. The Bertz CT molecular complexity index is 725. The maximum absolute atomic E-state index is 6.42. The molecule has 2 N–H and O–H groups in total. The number of hydrogen-bond acceptors (Lipinski definition) is 3. The van der Waals surface area contributed by atoms with Gasteiger partial charge in [-0.3, -0.25) is 4.90 Å². The predicted octanol–water partition coefficient (Wildman–Crippen LogP) is 4.16. The Balaban J connectivity index is 1.44. The van der Waals surface area contributed by atoms with Gasteiger partial charge in [0.25, 0.3) is 0 Å². The number of ether oxygens (including phenoxy) is 1. The maximum Gasteiger partial charge on any atom is 0.124 e. The highest BCUT2D eigenvalue weighted by atomic mass is 35.5. The van der Waals surface area contributed by atoms with E-state index >= 15 is 0 Å². The number of halogens is 1. The summed E-state index contributed by atoms with van der Waals surface area (Å²) in [4.78, 5) is 2.46.